The van der Waals surface area contributed by atoms with Crippen molar-refractivity contribution in [3.8, 4) is 5.75 Å². The SMILES string of the molecule is COc1cccc(C(N)c2c(F)c(F)c(F)c(F)c2F)c1. The maximum atomic E-state index is 13.7. The number of nitrogens with two attached hydrogens (primary N) is 1. The molecule has 1 unspecified atom stereocenters. The van der Waals surface area contributed by atoms with Crippen LogP contribution in [0.1, 0.15) is 17.2 Å². The molecule has 0 fully saturated rings. The smallest absolute Gasteiger partial charge is 0.200 e. The number of ether oxygens (including phenoxy) is 1. The summed E-state index contributed by atoms with van der Waals surface area (Å²) < 4.78 is 71.7. The van der Waals surface area contributed by atoms with E-state index < -0.39 is 40.7 Å². The average Bonchev–Trinajstić information content (AvgIpc) is 2.51. The monoisotopic (exact) mass is 303 g/mol. The lowest BCUT2D eigenvalue weighted by Crippen LogP contribution is -2.19. The third kappa shape index (κ3) is 2.56. The van der Waals surface area contributed by atoms with Gasteiger partial charge in [0.2, 0.25) is 5.82 Å². The minimum Gasteiger partial charge on any atom is -0.497 e. The van der Waals surface area contributed by atoms with Crippen molar-refractivity contribution >= 4 is 0 Å². The van der Waals surface area contributed by atoms with E-state index in [1.807, 2.05) is 0 Å². The lowest BCUT2D eigenvalue weighted by Gasteiger charge is -2.16. The molecule has 2 aromatic rings. The molecule has 2 aromatic carbocycles. The Balaban J connectivity index is 2.60. The van der Waals surface area contributed by atoms with Crippen LogP contribution in [0.2, 0.25) is 0 Å². The highest BCUT2D eigenvalue weighted by molar-refractivity contribution is 5.38. The van der Waals surface area contributed by atoms with Gasteiger partial charge in [0.1, 0.15) is 5.75 Å². The van der Waals surface area contributed by atoms with Gasteiger partial charge in [0.25, 0.3) is 0 Å². The average molecular weight is 303 g/mol. The summed E-state index contributed by atoms with van der Waals surface area (Å²) in [7, 11) is 1.36. The molecule has 0 radical (unpaired) electrons. The molecule has 0 aliphatic carbocycles. The zero-order valence-corrected chi connectivity index (χ0v) is 10.8. The Morgan fingerprint density at radius 3 is 1.95 bits per heavy atom. The fourth-order valence-corrected chi connectivity index (χ4v) is 1.90. The van der Waals surface area contributed by atoms with Crippen molar-refractivity contribution in [2.75, 3.05) is 7.11 Å². The Hall–Kier alpha value is -2.15. The molecule has 2 N–H and O–H groups in total. The van der Waals surface area contributed by atoms with Crippen LogP contribution in [0.25, 0.3) is 0 Å². The molecule has 2 rings (SSSR count). The fraction of sp³-hybridized carbons (Fsp3) is 0.143. The zero-order valence-electron chi connectivity index (χ0n) is 10.8. The van der Waals surface area contributed by atoms with E-state index in [2.05, 4.69) is 0 Å². The third-order valence-corrected chi connectivity index (χ3v) is 3.01. The predicted molar refractivity (Wildman–Crippen MR) is 65.3 cm³/mol. The van der Waals surface area contributed by atoms with Crippen LogP contribution in [0.4, 0.5) is 22.0 Å². The zero-order chi connectivity index (χ0) is 15.7. The Kier molecular flexibility index (Phi) is 4.13. The third-order valence-electron chi connectivity index (χ3n) is 3.01. The van der Waals surface area contributed by atoms with E-state index >= 15 is 0 Å². The van der Waals surface area contributed by atoms with E-state index in [-0.39, 0.29) is 5.56 Å². The summed E-state index contributed by atoms with van der Waals surface area (Å²) in [5.41, 5.74) is 4.70. The molecular formula is C14H10F5NO. The van der Waals surface area contributed by atoms with Gasteiger partial charge in [-0.3, -0.25) is 0 Å². The summed E-state index contributed by atoms with van der Waals surface area (Å²) in [5, 5.41) is 0. The first-order chi connectivity index (χ1) is 9.88. The largest absolute Gasteiger partial charge is 0.497 e. The molecule has 0 bridgehead atoms. The van der Waals surface area contributed by atoms with Gasteiger partial charge in [-0.25, -0.2) is 22.0 Å². The summed E-state index contributed by atoms with van der Waals surface area (Å²) in [6, 6.07) is 4.26. The second-order valence-corrected chi connectivity index (χ2v) is 4.24. The molecule has 0 saturated heterocycles. The van der Waals surface area contributed by atoms with Crippen LogP contribution in [0, 0.1) is 29.1 Å². The van der Waals surface area contributed by atoms with Crippen molar-refractivity contribution in [3.05, 3.63) is 64.5 Å². The molecule has 21 heavy (non-hydrogen) atoms. The molecule has 0 spiro atoms. The maximum Gasteiger partial charge on any atom is 0.200 e. The van der Waals surface area contributed by atoms with Crippen LogP contribution >= 0.6 is 0 Å². The van der Waals surface area contributed by atoms with Crippen molar-refractivity contribution in [1.82, 2.24) is 0 Å². The number of halogens is 5. The Morgan fingerprint density at radius 2 is 1.43 bits per heavy atom. The van der Waals surface area contributed by atoms with Crippen molar-refractivity contribution in [1.29, 1.82) is 0 Å². The van der Waals surface area contributed by atoms with Gasteiger partial charge >= 0.3 is 0 Å². The topological polar surface area (TPSA) is 35.2 Å². The quantitative estimate of drug-likeness (QED) is 0.535. The molecule has 7 heteroatoms. The molecule has 0 aliphatic heterocycles. The lowest BCUT2D eigenvalue weighted by molar-refractivity contribution is 0.367. The Morgan fingerprint density at radius 1 is 0.905 bits per heavy atom. The van der Waals surface area contributed by atoms with Gasteiger partial charge in [-0.15, -0.1) is 0 Å². The van der Waals surface area contributed by atoms with Gasteiger partial charge in [0, 0.05) is 0 Å². The normalized spacial score (nSPS) is 12.3. The summed E-state index contributed by atoms with van der Waals surface area (Å²) in [6.07, 6.45) is 0. The van der Waals surface area contributed by atoms with Gasteiger partial charge in [-0.05, 0) is 17.7 Å². The number of hydrogen-bond donors (Lipinski definition) is 1. The van der Waals surface area contributed by atoms with Gasteiger partial charge in [-0.1, -0.05) is 12.1 Å². The van der Waals surface area contributed by atoms with Gasteiger partial charge in [-0.2, -0.15) is 0 Å². The molecule has 0 aliphatic rings. The molecule has 0 aromatic heterocycles. The summed E-state index contributed by atoms with van der Waals surface area (Å²) in [5.74, 6) is -9.81. The minimum atomic E-state index is -2.22. The molecule has 0 saturated carbocycles. The predicted octanol–water partition coefficient (Wildman–Crippen LogP) is 3.44. The number of methoxy groups -OCH3 is 1. The first-order valence-corrected chi connectivity index (χ1v) is 5.79. The Labute approximate surface area is 116 Å². The lowest BCUT2D eigenvalue weighted by atomic mass is 9.97. The Bertz CT molecular complexity index is 660. The van der Waals surface area contributed by atoms with Crippen LogP contribution in [0.5, 0.6) is 5.75 Å². The van der Waals surface area contributed by atoms with Gasteiger partial charge in [0.15, 0.2) is 23.3 Å². The second kappa shape index (κ2) is 5.69. The van der Waals surface area contributed by atoms with E-state index in [0.717, 1.165) is 0 Å². The van der Waals surface area contributed by atoms with Crippen LogP contribution in [-0.2, 0) is 0 Å². The highest BCUT2D eigenvalue weighted by Crippen LogP contribution is 2.31. The van der Waals surface area contributed by atoms with Crippen LogP contribution in [-0.4, -0.2) is 7.11 Å². The van der Waals surface area contributed by atoms with Crippen molar-refractivity contribution in [3.63, 3.8) is 0 Å². The maximum absolute atomic E-state index is 13.7. The van der Waals surface area contributed by atoms with Crippen LogP contribution in [0.3, 0.4) is 0 Å². The van der Waals surface area contributed by atoms with Gasteiger partial charge in [0.05, 0.1) is 18.7 Å². The van der Waals surface area contributed by atoms with E-state index in [1.54, 1.807) is 6.07 Å². The van der Waals surface area contributed by atoms with Crippen molar-refractivity contribution in [2.24, 2.45) is 5.73 Å². The highest BCUT2D eigenvalue weighted by atomic mass is 19.2. The summed E-state index contributed by atoms with van der Waals surface area (Å²) >= 11 is 0. The number of rotatable bonds is 3. The number of benzene rings is 2. The number of hydrogen-bond acceptors (Lipinski definition) is 2. The van der Waals surface area contributed by atoms with E-state index in [1.165, 1.54) is 25.3 Å². The van der Waals surface area contributed by atoms with Gasteiger partial charge < -0.3 is 10.5 Å². The second-order valence-electron chi connectivity index (χ2n) is 4.24. The van der Waals surface area contributed by atoms with E-state index in [0.29, 0.717) is 5.75 Å². The first-order valence-electron chi connectivity index (χ1n) is 5.79. The summed E-state index contributed by atoms with van der Waals surface area (Å²) in [6.45, 7) is 0. The van der Waals surface area contributed by atoms with Crippen molar-refractivity contribution < 1.29 is 26.7 Å². The molecule has 1 atom stereocenters. The standard InChI is InChI=1S/C14H10F5NO/c1-21-7-4-2-3-6(5-7)14(20)8-9(15)11(17)13(19)12(18)10(8)16/h2-5,14H,20H2,1H3. The van der Waals surface area contributed by atoms with Crippen molar-refractivity contribution in [2.45, 2.75) is 6.04 Å². The molecule has 112 valence electrons. The van der Waals surface area contributed by atoms with Crippen LogP contribution < -0.4 is 10.5 Å². The highest BCUT2D eigenvalue weighted by Gasteiger charge is 2.29. The molecular weight excluding hydrogens is 293 g/mol. The van der Waals surface area contributed by atoms with Crippen LogP contribution in [0.15, 0.2) is 24.3 Å². The molecule has 0 amide bonds. The first kappa shape index (κ1) is 15.2. The molecule has 2 nitrogen and oxygen atoms in total. The van der Waals surface area contributed by atoms with E-state index in [4.69, 9.17) is 10.5 Å². The summed E-state index contributed by atoms with van der Waals surface area (Å²) in [4.78, 5) is 0. The molecule has 0 heterocycles. The van der Waals surface area contributed by atoms with E-state index in [9.17, 15) is 22.0 Å². The fourth-order valence-electron chi connectivity index (χ4n) is 1.90. The minimum absolute atomic E-state index is 0.151.